The van der Waals surface area contributed by atoms with Crippen molar-refractivity contribution in [1.29, 1.82) is 0 Å². The highest BCUT2D eigenvalue weighted by atomic mass is 19.4. The number of rotatable bonds is 2. The minimum absolute atomic E-state index is 0.233. The first-order chi connectivity index (χ1) is 10.4. The molecular formula is C15H10F3N3O. The molecule has 0 saturated heterocycles. The molecule has 4 nitrogen and oxygen atoms in total. The number of nitrogens with zero attached hydrogens (tertiary/aromatic N) is 3. The van der Waals surface area contributed by atoms with E-state index in [0.717, 1.165) is 16.1 Å². The number of aldehydes is 1. The Hall–Kier alpha value is -2.70. The maximum Gasteiger partial charge on any atom is 0.433 e. The molecule has 0 spiro atoms. The van der Waals surface area contributed by atoms with Gasteiger partial charge in [-0.1, -0.05) is 12.1 Å². The fraction of sp³-hybridized carbons (Fsp3) is 0.133. The number of hydrogen-bond donors (Lipinski definition) is 0. The molecule has 0 bridgehead atoms. The summed E-state index contributed by atoms with van der Waals surface area (Å²) < 4.78 is 39.2. The maximum absolute atomic E-state index is 12.8. The smallest absolute Gasteiger partial charge is 0.296 e. The van der Waals surface area contributed by atoms with E-state index in [4.69, 9.17) is 0 Å². The molecule has 2 aromatic heterocycles. The predicted octanol–water partition coefficient (Wildman–Crippen LogP) is 3.47. The molecule has 0 unspecified atom stereocenters. The van der Waals surface area contributed by atoms with Crippen LogP contribution in [0.3, 0.4) is 0 Å². The summed E-state index contributed by atoms with van der Waals surface area (Å²) in [6, 6.07) is 9.24. The van der Waals surface area contributed by atoms with E-state index in [-0.39, 0.29) is 5.69 Å². The maximum atomic E-state index is 12.8. The first kappa shape index (κ1) is 14.2. The van der Waals surface area contributed by atoms with Gasteiger partial charge in [0.2, 0.25) is 0 Å². The van der Waals surface area contributed by atoms with Gasteiger partial charge in [-0.25, -0.2) is 4.98 Å². The van der Waals surface area contributed by atoms with Crippen LogP contribution in [-0.4, -0.2) is 21.1 Å². The van der Waals surface area contributed by atoms with Crippen LogP contribution in [0.4, 0.5) is 13.2 Å². The zero-order valence-electron chi connectivity index (χ0n) is 11.4. The number of benzene rings is 1. The van der Waals surface area contributed by atoms with Crippen LogP contribution < -0.4 is 0 Å². The highest BCUT2D eigenvalue weighted by Crippen LogP contribution is 2.32. The number of pyridine rings is 1. The summed E-state index contributed by atoms with van der Waals surface area (Å²) >= 11 is 0. The SMILES string of the molecule is Cn1nc(-c2ccc3nc(C=O)ccc3c2)cc1C(F)(F)F. The second kappa shape index (κ2) is 4.94. The van der Waals surface area contributed by atoms with Gasteiger partial charge < -0.3 is 0 Å². The quantitative estimate of drug-likeness (QED) is 0.681. The third-order valence-corrected chi connectivity index (χ3v) is 3.30. The van der Waals surface area contributed by atoms with E-state index in [9.17, 15) is 18.0 Å². The van der Waals surface area contributed by atoms with Crippen molar-refractivity contribution in [3.8, 4) is 11.3 Å². The third kappa shape index (κ3) is 2.45. The fourth-order valence-corrected chi connectivity index (χ4v) is 2.24. The normalized spacial score (nSPS) is 11.8. The Balaban J connectivity index is 2.09. The van der Waals surface area contributed by atoms with Gasteiger partial charge in [0.15, 0.2) is 6.29 Å². The Labute approximate surface area is 123 Å². The summed E-state index contributed by atoms with van der Waals surface area (Å²) in [7, 11) is 1.26. The minimum Gasteiger partial charge on any atom is -0.296 e. The van der Waals surface area contributed by atoms with E-state index >= 15 is 0 Å². The van der Waals surface area contributed by atoms with Gasteiger partial charge in [0.05, 0.1) is 11.2 Å². The summed E-state index contributed by atoms with van der Waals surface area (Å²) in [6.45, 7) is 0. The van der Waals surface area contributed by atoms with E-state index in [1.165, 1.54) is 7.05 Å². The summed E-state index contributed by atoms with van der Waals surface area (Å²) in [6.07, 6.45) is -3.81. The van der Waals surface area contributed by atoms with Crippen molar-refractivity contribution >= 4 is 17.2 Å². The van der Waals surface area contributed by atoms with Crippen molar-refractivity contribution in [3.63, 3.8) is 0 Å². The second-order valence-electron chi connectivity index (χ2n) is 4.80. The fourth-order valence-electron chi connectivity index (χ4n) is 2.24. The first-order valence-corrected chi connectivity index (χ1v) is 6.36. The van der Waals surface area contributed by atoms with Gasteiger partial charge in [0, 0.05) is 18.0 Å². The highest BCUT2D eigenvalue weighted by Gasteiger charge is 2.35. The predicted molar refractivity (Wildman–Crippen MR) is 74.3 cm³/mol. The van der Waals surface area contributed by atoms with Crippen molar-refractivity contribution in [2.24, 2.45) is 7.05 Å². The lowest BCUT2D eigenvalue weighted by molar-refractivity contribution is -0.143. The van der Waals surface area contributed by atoms with E-state index < -0.39 is 11.9 Å². The number of halogens is 3. The van der Waals surface area contributed by atoms with Gasteiger partial charge in [-0.2, -0.15) is 18.3 Å². The zero-order valence-corrected chi connectivity index (χ0v) is 11.4. The third-order valence-electron chi connectivity index (χ3n) is 3.30. The van der Waals surface area contributed by atoms with Gasteiger partial charge in [0.25, 0.3) is 0 Å². The number of alkyl halides is 3. The lowest BCUT2D eigenvalue weighted by Gasteiger charge is -2.04. The molecule has 7 heteroatoms. The Morgan fingerprint density at radius 2 is 1.91 bits per heavy atom. The number of aryl methyl sites for hydroxylation is 1. The molecule has 1 aromatic carbocycles. The molecular weight excluding hydrogens is 295 g/mol. The molecule has 0 fully saturated rings. The van der Waals surface area contributed by atoms with Crippen LogP contribution in [0, 0.1) is 0 Å². The lowest BCUT2D eigenvalue weighted by Crippen LogP contribution is -2.11. The molecule has 22 heavy (non-hydrogen) atoms. The molecule has 0 aliphatic carbocycles. The van der Waals surface area contributed by atoms with E-state index in [1.807, 2.05) is 0 Å². The molecule has 0 amide bonds. The standard InChI is InChI=1S/C15H10F3N3O/c1-21-14(15(16,17)18)7-13(20-21)10-3-5-12-9(6-10)2-4-11(8-22)19-12/h2-8H,1H3. The highest BCUT2D eigenvalue weighted by molar-refractivity contribution is 5.86. The average molecular weight is 305 g/mol. The van der Waals surface area contributed by atoms with Gasteiger partial charge in [-0.3, -0.25) is 9.48 Å². The van der Waals surface area contributed by atoms with Crippen molar-refractivity contribution < 1.29 is 18.0 Å². The molecule has 3 aromatic rings. The zero-order chi connectivity index (χ0) is 15.9. The number of fused-ring (bicyclic) bond motifs is 1. The number of hydrogen-bond acceptors (Lipinski definition) is 3. The van der Waals surface area contributed by atoms with Gasteiger partial charge >= 0.3 is 6.18 Å². The number of aromatic nitrogens is 3. The number of carbonyl (C=O) groups excluding carboxylic acids is 1. The van der Waals surface area contributed by atoms with E-state index in [1.54, 1.807) is 30.3 Å². The van der Waals surface area contributed by atoms with Crippen molar-refractivity contribution in [3.05, 3.63) is 47.8 Å². The second-order valence-corrected chi connectivity index (χ2v) is 4.80. The van der Waals surface area contributed by atoms with Gasteiger partial charge in [0.1, 0.15) is 11.4 Å². The van der Waals surface area contributed by atoms with Crippen LogP contribution in [0.25, 0.3) is 22.2 Å². The van der Waals surface area contributed by atoms with Crippen molar-refractivity contribution in [1.82, 2.24) is 14.8 Å². The topological polar surface area (TPSA) is 47.8 Å². The van der Waals surface area contributed by atoms with Gasteiger partial charge in [-0.05, 0) is 24.3 Å². The Morgan fingerprint density at radius 1 is 1.14 bits per heavy atom. The molecule has 0 atom stereocenters. The van der Waals surface area contributed by atoms with Crippen molar-refractivity contribution in [2.45, 2.75) is 6.18 Å². The minimum atomic E-state index is -4.45. The molecule has 112 valence electrons. The lowest BCUT2D eigenvalue weighted by atomic mass is 10.1. The van der Waals surface area contributed by atoms with Crippen LogP contribution in [0.1, 0.15) is 16.2 Å². The molecule has 0 N–H and O–H groups in total. The molecule has 3 rings (SSSR count). The largest absolute Gasteiger partial charge is 0.433 e. The molecule has 0 radical (unpaired) electrons. The van der Waals surface area contributed by atoms with Crippen molar-refractivity contribution in [2.75, 3.05) is 0 Å². The van der Waals surface area contributed by atoms with Crippen LogP contribution >= 0.6 is 0 Å². The van der Waals surface area contributed by atoms with Crippen LogP contribution in [0.2, 0.25) is 0 Å². The van der Waals surface area contributed by atoms with E-state index in [2.05, 4.69) is 10.1 Å². The first-order valence-electron chi connectivity index (χ1n) is 6.36. The van der Waals surface area contributed by atoms with E-state index in [0.29, 0.717) is 23.1 Å². The molecule has 2 heterocycles. The summed E-state index contributed by atoms with van der Waals surface area (Å²) in [5.41, 5.74) is 0.880. The number of carbonyl (C=O) groups is 1. The Morgan fingerprint density at radius 3 is 2.55 bits per heavy atom. The van der Waals surface area contributed by atoms with Gasteiger partial charge in [-0.15, -0.1) is 0 Å². The Kier molecular flexibility index (Phi) is 3.20. The average Bonchev–Trinajstić information content (AvgIpc) is 2.88. The summed E-state index contributed by atoms with van der Waals surface area (Å²) in [4.78, 5) is 14.8. The Bertz CT molecular complexity index is 868. The molecule has 0 aliphatic rings. The summed E-state index contributed by atoms with van der Waals surface area (Å²) in [5.74, 6) is 0. The van der Waals surface area contributed by atoms with Crippen LogP contribution in [0.15, 0.2) is 36.4 Å². The monoisotopic (exact) mass is 305 g/mol. The summed E-state index contributed by atoms with van der Waals surface area (Å²) in [5, 5.41) is 4.63. The van der Waals surface area contributed by atoms with Crippen LogP contribution in [0.5, 0.6) is 0 Å². The molecule has 0 aliphatic heterocycles. The molecule has 0 saturated carbocycles. The van der Waals surface area contributed by atoms with Crippen LogP contribution in [-0.2, 0) is 13.2 Å².